The van der Waals surface area contributed by atoms with E-state index in [-0.39, 0.29) is 19.8 Å². The molecule has 0 fully saturated rings. The van der Waals surface area contributed by atoms with E-state index in [4.69, 9.17) is 15.3 Å². The van der Waals surface area contributed by atoms with Crippen molar-refractivity contribution in [2.75, 3.05) is 46.5 Å². The Labute approximate surface area is 73.4 Å². The van der Waals surface area contributed by atoms with E-state index in [1.807, 2.05) is 0 Å². The molecule has 0 unspecified atom stereocenters. The van der Waals surface area contributed by atoms with Crippen molar-refractivity contribution >= 4 is 0 Å². The Bertz CT molecular complexity index is 58.6. The minimum absolute atomic E-state index is 0.139. The van der Waals surface area contributed by atoms with Gasteiger partial charge >= 0.3 is 0 Å². The molecule has 0 aliphatic carbocycles. The molecule has 5 heteroatoms. The van der Waals surface area contributed by atoms with Crippen LogP contribution in [0.15, 0.2) is 0 Å². The summed E-state index contributed by atoms with van der Waals surface area (Å²) in [5, 5.41) is 29.9. The van der Waals surface area contributed by atoms with Crippen LogP contribution in [0.1, 0.15) is 0 Å². The zero-order valence-corrected chi connectivity index (χ0v) is 7.58. The van der Waals surface area contributed by atoms with Crippen LogP contribution in [-0.4, -0.2) is 61.8 Å². The van der Waals surface area contributed by atoms with Crippen molar-refractivity contribution in [3.8, 4) is 0 Å². The molecule has 0 heterocycles. The molecule has 0 aliphatic heterocycles. The Morgan fingerprint density at radius 1 is 0.833 bits per heavy atom. The first-order chi connectivity index (χ1) is 5.83. The maximum Gasteiger partial charge on any atom is 0.0555 e. The highest BCUT2D eigenvalue weighted by molar-refractivity contribution is 4.39. The van der Waals surface area contributed by atoms with Gasteiger partial charge in [0.05, 0.1) is 19.8 Å². The van der Waals surface area contributed by atoms with Crippen molar-refractivity contribution in [1.82, 2.24) is 10.6 Å². The molecular weight excluding hydrogens is 160 g/mol. The molecule has 0 spiro atoms. The molecule has 5 N–H and O–H groups in total. The fourth-order valence-corrected chi connectivity index (χ4v) is 0.395. The van der Waals surface area contributed by atoms with Crippen LogP contribution < -0.4 is 10.6 Å². The van der Waals surface area contributed by atoms with E-state index in [9.17, 15) is 0 Å². The van der Waals surface area contributed by atoms with Gasteiger partial charge in [0.25, 0.3) is 0 Å². The average Bonchev–Trinajstić information content (AvgIpc) is 2.08. The van der Waals surface area contributed by atoms with E-state index in [2.05, 4.69) is 10.6 Å². The summed E-state index contributed by atoms with van der Waals surface area (Å²) in [6, 6.07) is 0. The second kappa shape index (κ2) is 17.0. The van der Waals surface area contributed by atoms with Gasteiger partial charge in [-0.3, -0.25) is 0 Å². The quantitative estimate of drug-likeness (QED) is 0.298. The molecule has 0 radical (unpaired) electrons. The highest BCUT2D eigenvalue weighted by Gasteiger charge is 1.78. The van der Waals surface area contributed by atoms with Crippen molar-refractivity contribution < 1.29 is 15.3 Å². The van der Waals surface area contributed by atoms with Gasteiger partial charge in [-0.05, 0) is 7.05 Å². The van der Waals surface area contributed by atoms with Gasteiger partial charge < -0.3 is 26.0 Å². The van der Waals surface area contributed by atoms with Crippen LogP contribution in [0.5, 0.6) is 0 Å². The molecule has 0 saturated carbocycles. The summed E-state index contributed by atoms with van der Waals surface area (Å²) in [7, 11) is 1.80. The predicted molar refractivity (Wildman–Crippen MR) is 48.1 cm³/mol. The van der Waals surface area contributed by atoms with Gasteiger partial charge in [-0.2, -0.15) is 0 Å². The Balaban J connectivity index is 0. The maximum absolute atomic E-state index is 8.15. The normalized spacial score (nSPS) is 9.00. The van der Waals surface area contributed by atoms with Crippen LogP contribution in [0.3, 0.4) is 0 Å². The third-order valence-corrected chi connectivity index (χ3v) is 0.939. The molecule has 0 aliphatic rings. The Hall–Kier alpha value is -0.200. The van der Waals surface area contributed by atoms with Crippen LogP contribution in [0, 0.1) is 0 Å². The smallest absolute Gasteiger partial charge is 0.0555 e. The number of hydrogen-bond donors (Lipinski definition) is 5. The lowest BCUT2D eigenvalue weighted by atomic mass is 10.6. The molecule has 0 bridgehead atoms. The molecule has 0 amide bonds. The van der Waals surface area contributed by atoms with Crippen LogP contribution in [0.25, 0.3) is 0 Å². The zero-order chi connectivity index (χ0) is 9.66. The second-order valence-electron chi connectivity index (χ2n) is 2.02. The summed E-state index contributed by atoms with van der Waals surface area (Å²) in [5.41, 5.74) is 0. The Kier molecular flexibility index (Phi) is 20.4. The third kappa shape index (κ3) is 22.6. The van der Waals surface area contributed by atoms with Crippen molar-refractivity contribution in [3.63, 3.8) is 0 Å². The van der Waals surface area contributed by atoms with Gasteiger partial charge in [-0.15, -0.1) is 0 Å². The Morgan fingerprint density at radius 3 is 1.42 bits per heavy atom. The van der Waals surface area contributed by atoms with Gasteiger partial charge in [0.1, 0.15) is 0 Å². The molecule has 0 rings (SSSR count). The van der Waals surface area contributed by atoms with E-state index in [1.165, 1.54) is 0 Å². The molecule has 0 aromatic carbocycles. The number of aliphatic hydroxyl groups is 3. The fourth-order valence-electron chi connectivity index (χ4n) is 0.395. The minimum Gasteiger partial charge on any atom is -0.395 e. The number of rotatable bonds is 6. The minimum atomic E-state index is 0.139. The van der Waals surface area contributed by atoms with E-state index in [0.29, 0.717) is 19.6 Å². The van der Waals surface area contributed by atoms with Crippen molar-refractivity contribution in [3.05, 3.63) is 0 Å². The highest BCUT2D eigenvalue weighted by Crippen LogP contribution is 1.54. The summed E-state index contributed by atoms with van der Waals surface area (Å²) in [6.45, 7) is 2.34. The molecule has 0 atom stereocenters. The van der Waals surface area contributed by atoms with Gasteiger partial charge in [0, 0.05) is 19.6 Å². The molecule has 12 heavy (non-hydrogen) atoms. The number of aliphatic hydroxyl groups excluding tert-OH is 3. The lowest BCUT2D eigenvalue weighted by Crippen LogP contribution is -2.21. The van der Waals surface area contributed by atoms with E-state index in [0.717, 1.165) is 0 Å². The maximum atomic E-state index is 8.15. The average molecular weight is 180 g/mol. The number of hydrogen-bond acceptors (Lipinski definition) is 5. The van der Waals surface area contributed by atoms with E-state index in [1.54, 1.807) is 7.05 Å². The number of likely N-dealkylation sites (N-methyl/N-ethyl adjacent to an activating group) is 1. The molecule has 76 valence electrons. The largest absolute Gasteiger partial charge is 0.395 e. The Morgan fingerprint density at radius 2 is 1.25 bits per heavy atom. The predicted octanol–water partition coefficient (Wildman–Crippen LogP) is -2.24. The van der Waals surface area contributed by atoms with Gasteiger partial charge in [0.2, 0.25) is 0 Å². The lowest BCUT2D eigenvalue weighted by Gasteiger charge is -1.94. The summed E-state index contributed by atoms with van der Waals surface area (Å²) in [6.07, 6.45) is 0. The van der Waals surface area contributed by atoms with Gasteiger partial charge in [-0.25, -0.2) is 0 Å². The lowest BCUT2D eigenvalue weighted by molar-refractivity contribution is 0.266. The molecular formula is C7H20N2O3. The van der Waals surface area contributed by atoms with Crippen LogP contribution in [0.4, 0.5) is 0 Å². The molecule has 5 nitrogen and oxygen atoms in total. The summed E-state index contributed by atoms with van der Waals surface area (Å²) >= 11 is 0. The van der Waals surface area contributed by atoms with Gasteiger partial charge in [0.15, 0.2) is 0 Å². The first-order valence-corrected chi connectivity index (χ1v) is 4.01. The van der Waals surface area contributed by atoms with Crippen LogP contribution in [-0.2, 0) is 0 Å². The topological polar surface area (TPSA) is 84.8 Å². The highest BCUT2D eigenvalue weighted by atomic mass is 16.3. The molecule has 0 saturated heterocycles. The summed E-state index contributed by atoms with van der Waals surface area (Å²) in [4.78, 5) is 0. The first kappa shape index (κ1) is 14.3. The zero-order valence-electron chi connectivity index (χ0n) is 7.58. The third-order valence-electron chi connectivity index (χ3n) is 0.939. The van der Waals surface area contributed by atoms with E-state index >= 15 is 0 Å². The van der Waals surface area contributed by atoms with Crippen molar-refractivity contribution in [2.45, 2.75) is 0 Å². The SMILES string of the molecule is CNCCO.OCCNCCO. The second-order valence-corrected chi connectivity index (χ2v) is 2.02. The van der Waals surface area contributed by atoms with Crippen LogP contribution in [0.2, 0.25) is 0 Å². The van der Waals surface area contributed by atoms with Gasteiger partial charge in [-0.1, -0.05) is 0 Å². The monoisotopic (exact) mass is 180 g/mol. The summed E-state index contributed by atoms with van der Waals surface area (Å²) in [5.74, 6) is 0. The van der Waals surface area contributed by atoms with E-state index < -0.39 is 0 Å². The fraction of sp³-hybridized carbons (Fsp3) is 1.00. The van der Waals surface area contributed by atoms with Crippen molar-refractivity contribution in [1.29, 1.82) is 0 Å². The molecule has 0 aromatic heterocycles. The van der Waals surface area contributed by atoms with Crippen LogP contribution >= 0.6 is 0 Å². The standard InChI is InChI=1S/C4H11NO2.C3H9NO/c6-3-1-5-2-4-7;1-4-2-3-5/h5-7H,1-4H2;4-5H,2-3H2,1H3. The number of nitrogens with one attached hydrogen (secondary N) is 2. The first-order valence-electron chi connectivity index (χ1n) is 4.01. The summed E-state index contributed by atoms with van der Waals surface area (Å²) < 4.78 is 0. The van der Waals surface area contributed by atoms with Crippen molar-refractivity contribution in [2.24, 2.45) is 0 Å². The molecule has 0 aromatic rings.